The number of carbonyl (C=O) groups is 1. The van der Waals surface area contributed by atoms with Crippen LogP contribution in [-0.4, -0.2) is 9.45 Å². The predicted octanol–water partition coefficient (Wildman–Crippen LogP) is 2.40. The monoisotopic (exact) mass is 215 g/mol. The largest absolute Gasteiger partial charge is 0.276 e. The molecule has 0 spiro atoms. The highest BCUT2D eigenvalue weighted by Gasteiger charge is 2.08. The summed E-state index contributed by atoms with van der Waals surface area (Å²) in [6.07, 6.45) is 0. The van der Waals surface area contributed by atoms with Gasteiger partial charge in [0, 0.05) is 0 Å². The summed E-state index contributed by atoms with van der Waals surface area (Å²) in [4.78, 5) is 10.9. The van der Waals surface area contributed by atoms with Crippen molar-refractivity contribution in [2.24, 2.45) is 4.36 Å². The van der Waals surface area contributed by atoms with Crippen LogP contribution in [0.4, 0.5) is 5.69 Å². The number of halogens is 1. The Bertz CT molecular complexity index is 399. The fourth-order valence-electron chi connectivity index (χ4n) is 0.927. The minimum atomic E-state index is -0.600. The van der Waals surface area contributed by atoms with Gasteiger partial charge in [0.2, 0.25) is 11.5 Å². The molecule has 0 radical (unpaired) electrons. The van der Waals surface area contributed by atoms with Gasteiger partial charge in [-0.05, 0) is 30.7 Å². The molecule has 0 aromatic heterocycles. The average Bonchev–Trinajstić information content (AvgIpc) is 2.08. The van der Waals surface area contributed by atoms with Gasteiger partial charge in [-0.2, -0.15) is 8.57 Å². The van der Waals surface area contributed by atoms with Gasteiger partial charge in [-0.1, -0.05) is 11.6 Å². The summed E-state index contributed by atoms with van der Waals surface area (Å²) >= 11 is 5.36. The molecule has 1 aromatic rings. The summed E-state index contributed by atoms with van der Waals surface area (Å²) in [5, 5.41) is -0.600. The zero-order chi connectivity index (χ0) is 9.84. The van der Waals surface area contributed by atoms with Crippen LogP contribution in [0.15, 0.2) is 22.6 Å². The lowest BCUT2D eigenvalue weighted by Gasteiger charge is -1.99. The molecule has 68 valence electrons. The fraction of sp³-hybridized carbons (Fsp3) is 0.125. The smallest absolute Gasteiger partial charge is 0.254 e. The van der Waals surface area contributed by atoms with Crippen molar-refractivity contribution in [1.29, 1.82) is 0 Å². The Labute approximate surface area is 84.0 Å². The minimum Gasteiger partial charge on any atom is -0.276 e. The van der Waals surface area contributed by atoms with E-state index in [-0.39, 0.29) is 17.0 Å². The summed E-state index contributed by atoms with van der Waals surface area (Å²) in [5.41, 5.74) is 1.49. The van der Waals surface area contributed by atoms with Gasteiger partial charge in [-0.15, -0.1) is 0 Å². The van der Waals surface area contributed by atoms with Gasteiger partial charge in [-0.3, -0.25) is 4.79 Å². The lowest BCUT2D eigenvalue weighted by molar-refractivity contribution is 0.108. The van der Waals surface area contributed by atoms with Crippen LogP contribution in [0.25, 0.3) is 0 Å². The van der Waals surface area contributed by atoms with Crippen molar-refractivity contribution in [3.63, 3.8) is 0 Å². The quantitative estimate of drug-likeness (QED) is 0.712. The Morgan fingerprint density at radius 1 is 1.54 bits per heavy atom. The zero-order valence-electron chi connectivity index (χ0n) is 6.78. The first-order chi connectivity index (χ1) is 6.15. The van der Waals surface area contributed by atoms with Gasteiger partial charge in [-0.25, -0.2) is 0 Å². The highest BCUT2D eigenvalue weighted by Crippen LogP contribution is 2.21. The highest BCUT2D eigenvalue weighted by atomic mass is 35.5. The number of hydrogen-bond donors (Lipinski definition) is 0. The van der Waals surface area contributed by atoms with Crippen molar-refractivity contribution >= 4 is 34.0 Å². The van der Waals surface area contributed by atoms with E-state index in [1.165, 1.54) is 0 Å². The highest BCUT2D eigenvalue weighted by molar-refractivity contribution is 7.54. The maximum Gasteiger partial charge on any atom is 0.254 e. The molecule has 1 rings (SSSR count). The van der Waals surface area contributed by atoms with Gasteiger partial charge in [0.15, 0.2) is 0 Å². The Morgan fingerprint density at radius 3 is 2.77 bits per heavy atom. The first-order valence-electron chi connectivity index (χ1n) is 3.45. The fourth-order valence-corrected chi connectivity index (χ4v) is 1.32. The Hall–Kier alpha value is -1.000. The standard InChI is InChI=1S/C8H6ClNO2S/c1-5-2-3-7(10-13-12)6(4-5)8(9)11/h2-4H,1H3. The third kappa shape index (κ3) is 2.47. The SMILES string of the molecule is Cc1ccc(N=S=O)c(C(=O)Cl)c1. The number of aryl methyl sites for hydroxylation is 1. The first kappa shape index (κ1) is 10.1. The molecular weight excluding hydrogens is 210 g/mol. The third-order valence-electron chi connectivity index (χ3n) is 1.50. The van der Waals surface area contributed by atoms with Crippen molar-refractivity contribution in [2.45, 2.75) is 6.92 Å². The summed E-state index contributed by atoms with van der Waals surface area (Å²) in [5.74, 6) is 0. The lowest BCUT2D eigenvalue weighted by atomic mass is 10.1. The molecule has 0 aliphatic carbocycles. The number of rotatable bonds is 2. The molecule has 0 N–H and O–H groups in total. The van der Waals surface area contributed by atoms with Crippen LogP contribution in [0.5, 0.6) is 0 Å². The van der Waals surface area contributed by atoms with Gasteiger partial charge in [0.25, 0.3) is 5.24 Å². The maximum absolute atomic E-state index is 10.9. The van der Waals surface area contributed by atoms with E-state index in [4.69, 9.17) is 11.6 Å². The number of carbonyl (C=O) groups excluding carboxylic acids is 1. The van der Waals surface area contributed by atoms with Crippen LogP contribution >= 0.6 is 11.6 Å². The Morgan fingerprint density at radius 2 is 2.23 bits per heavy atom. The molecule has 0 unspecified atom stereocenters. The van der Waals surface area contributed by atoms with E-state index in [9.17, 15) is 9.00 Å². The second-order valence-corrected chi connectivity index (χ2v) is 3.14. The van der Waals surface area contributed by atoms with Crippen LogP contribution in [0.2, 0.25) is 0 Å². The molecular formula is C8H6ClNO2S. The van der Waals surface area contributed by atoms with Crippen molar-refractivity contribution in [2.75, 3.05) is 0 Å². The second-order valence-electron chi connectivity index (χ2n) is 2.46. The molecule has 3 nitrogen and oxygen atoms in total. The molecule has 0 aliphatic rings. The van der Waals surface area contributed by atoms with E-state index in [2.05, 4.69) is 4.36 Å². The number of nitrogens with zero attached hydrogens (tertiary/aromatic N) is 1. The molecule has 0 saturated carbocycles. The first-order valence-corrected chi connectivity index (χ1v) is 4.53. The van der Waals surface area contributed by atoms with Gasteiger partial charge in [0.1, 0.15) is 0 Å². The van der Waals surface area contributed by atoms with Gasteiger partial charge >= 0.3 is 0 Å². The van der Waals surface area contributed by atoms with E-state index in [0.717, 1.165) is 5.56 Å². The zero-order valence-corrected chi connectivity index (χ0v) is 8.35. The number of hydrogen-bond acceptors (Lipinski definition) is 3. The summed E-state index contributed by atoms with van der Waals surface area (Å²) in [6.45, 7) is 1.83. The van der Waals surface area contributed by atoms with Crippen molar-refractivity contribution < 1.29 is 9.00 Å². The Kier molecular flexibility index (Phi) is 3.33. The van der Waals surface area contributed by atoms with Crippen LogP contribution in [0.1, 0.15) is 15.9 Å². The molecule has 0 aliphatic heterocycles. The van der Waals surface area contributed by atoms with Crippen molar-refractivity contribution in [3.8, 4) is 0 Å². The molecule has 5 heteroatoms. The molecule has 1 aromatic carbocycles. The maximum atomic E-state index is 10.9. The molecule has 0 amide bonds. The van der Waals surface area contributed by atoms with Crippen LogP contribution in [-0.2, 0) is 11.5 Å². The van der Waals surface area contributed by atoms with Crippen molar-refractivity contribution in [3.05, 3.63) is 29.3 Å². The molecule has 13 heavy (non-hydrogen) atoms. The van der Waals surface area contributed by atoms with E-state index in [0.29, 0.717) is 5.69 Å². The minimum absolute atomic E-state index is 0.0563. The van der Waals surface area contributed by atoms with E-state index in [1.54, 1.807) is 18.2 Å². The summed E-state index contributed by atoms with van der Waals surface area (Å²) in [7, 11) is 0. The molecule has 0 saturated heterocycles. The topological polar surface area (TPSA) is 46.5 Å². The number of benzene rings is 1. The summed E-state index contributed by atoms with van der Waals surface area (Å²) in [6, 6.07) is 4.96. The summed E-state index contributed by atoms with van der Waals surface area (Å²) < 4.78 is 13.7. The van der Waals surface area contributed by atoms with Crippen molar-refractivity contribution in [1.82, 2.24) is 0 Å². The van der Waals surface area contributed by atoms with E-state index >= 15 is 0 Å². The van der Waals surface area contributed by atoms with Crippen LogP contribution < -0.4 is 0 Å². The predicted molar refractivity (Wildman–Crippen MR) is 51.6 cm³/mol. The molecule has 0 fully saturated rings. The average molecular weight is 216 g/mol. The van der Waals surface area contributed by atoms with Crippen LogP contribution in [0.3, 0.4) is 0 Å². The van der Waals surface area contributed by atoms with E-state index in [1.807, 2.05) is 6.92 Å². The van der Waals surface area contributed by atoms with Crippen LogP contribution in [0, 0.1) is 6.92 Å². The van der Waals surface area contributed by atoms with Gasteiger partial charge in [0.05, 0.1) is 11.3 Å². The second kappa shape index (κ2) is 4.30. The van der Waals surface area contributed by atoms with Gasteiger partial charge < -0.3 is 0 Å². The molecule has 0 atom stereocenters. The normalized spacial score (nSPS) is 9.38. The molecule has 0 bridgehead atoms. The Balaban J connectivity index is 3.34. The lowest BCUT2D eigenvalue weighted by Crippen LogP contribution is -1.89. The third-order valence-corrected chi connectivity index (χ3v) is 1.97. The van der Waals surface area contributed by atoms with E-state index < -0.39 is 5.24 Å². The molecule has 0 heterocycles.